The lowest BCUT2D eigenvalue weighted by atomic mass is 10.2. The third-order valence-corrected chi connectivity index (χ3v) is 6.05. The average molecular weight is 520 g/mol. The van der Waals surface area contributed by atoms with Crippen molar-refractivity contribution in [3.63, 3.8) is 0 Å². The molecule has 0 radical (unpaired) electrons. The number of carbonyl (C=O) groups excluding carboxylic acids is 1. The molecular weight excluding hydrogens is 498 g/mol. The molecule has 1 amide bonds. The number of nitrogens with two attached hydrogens (primary N) is 1. The van der Waals surface area contributed by atoms with E-state index in [1.54, 1.807) is 61.6 Å². The van der Waals surface area contributed by atoms with Gasteiger partial charge in [-0.05, 0) is 31.0 Å². The van der Waals surface area contributed by atoms with Crippen molar-refractivity contribution in [2.24, 2.45) is 7.05 Å². The molecule has 0 aliphatic carbocycles. The molecule has 4 N–H and O–H groups in total. The number of para-hydroxylation sites is 1. The summed E-state index contributed by atoms with van der Waals surface area (Å²) in [7, 11) is 1.79. The number of nitrogens with zero attached hydrogens (tertiary/aromatic N) is 8. The Morgan fingerprint density at radius 2 is 2.00 bits per heavy atom. The second-order valence-corrected chi connectivity index (χ2v) is 8.74. The molecule has 0 aliphatic rings. The number of hydrogen-bond acceptors (Lipinski definition) is 8. The first-order valence-corrected chi connectivity index (χ1v) is 11.9. The molecule has 0 fully saturated rings. The average Bonchev–Trinajstić information content (AvgIpc) is 3.63. The van der Waals surface area contributed by atoms with Crippen LogP contribution in [0.4, 0.5) is 5.82 Å². The maximum atomic E-state index is 13.9. The molecule has 0 saturated carbocycles. The van der Waals surface area contributed by atoms with E-state index in [-0.39, 0.29) is 39.5 Å². The van der Waals surface area contributed by atoms with Crippen molar-refractivity contribution in [3.8, 4) is 17.5 Å². The molecule has 192 valence electrons. The van der Waals surface area contributed by atoms with E-state index in [1.807, 2.05) is 18.2 Å². The quantitative estimate of drug-likeness (QED) is 0.294. The molecule has 1 atom stereocenters. The summed E-state index contributed by atoms with van der Waals surface area (Å²) >= 11 is 0. The van der Waals surface area contributed by atoms with Gasteiger partial charge in [-0.15, -0.1) is 5.10 Å². The number of nitrogen functional groups attached to an aromatic ring is 1. The summed E-state index contributed by atoms with van der Waals surface area (Å²) in [6, 6.07) is 9.98. The van der Waals surface area contributed by atoms with Crippen LogP contribution in [0.15, 0.2) is 66.0 Å². The molecule has 5 aromatic heterocycles. The molecule has 1 aromatic carbocycles. The van der Waals surface area contributed by atoms with Gasteiger partial charge in [0.15, 0.2) is 22.8 Å². The number of anilines is 1. The van der Waals surface area contributed by atoms with E-state index < -0.39 is 11.9 Å². The summed E-state index contributed by atoms with van der Waals surface area (Å²) in [5.41, 5.74) is 7.83. The minimum atomic E-state index is -0.721. The van der Waals surface area contributed by atoms with Crippen molar-refractivity contribution >= 4 is 28.4 Å². The van der Waals surface area contributed by atoms with Gasteiger partial charge in [-0.3, -0.25) is 23.9 Å². The van der Waals surface area contributed by atoms with Gasteiger partial charge in [-0.25, -0.2) is 14.5 Å². The molecule has 6 rings (SSSR count). The fraction of sp³-hybridized carbons (Fsp3) is 0.115. The van der Waals surface area contributed by atoms with Crippen LogP contribution >= 0.6 is 0 Å². The summed E-state index contributed by atoms with van der Waals surface area (Å²) < 4.78 is 4.50. The second kappa shape index (κ2) is 9.27. The first kappa shape index (κ1) is 23.6. The van der Waals surface area contributed by atoms with Gasteiger partial charge in [0, 0.05) is 25.6 Å². The smallest absolute Gasteiger partial charge is 0.270 e. The highest BCUT2D eigenvalue weighted by Crippen LogP contribution is 2.21. The number of amides is 1. The summed E-state index contributed by atoms with van der Waals surface area (Å²) in [4.78, 5) is 36.1. The molecule has 13 heteroatoms. The summed E-state index contributed by atoms with van der Waals surface area (Å²) in [5, 5.41) is 18.4. The van der Waals surface area contributed by atoms with Crippen molar-refractivity contribution in [2.45, 2.75) is 13.0 Å². The van der Waals surface area contributed by atoms with Crippen LogP contribution in [0.25, 0.3) is 22.4 Å². The molecule has 0 unspecified atom stereocenters. The number of benzene rings is 1. The Bertz CT molecular complexity index is 1990. The standard InChI is InChI=1S/C26H21N11O2/c1-15(30-25(38)20-21(27)34-36-12-6-11-28-24(20)36)23-31-22-19(26(39)37(23)17-7-4-3-5-8-17)18(32-33-22)10-9-16-13-29-35(2)14-16/h3-8,11-15H,1-2H3,(H2,27,34)(H,30,38)(H,32,33)/t15-/m1/s1. The number of carbonyl (C=O) groups is 1. The lowest BCUT2D eigenvalue weighted by molar-refractivity contribution is 0.0940. The number of aromatic nitrogens is 9. The minimum Gasteiger partial charge on any atom is -0.381 e. The topological polar surface area (TPSA) is 167 Å². The Labute approximate surface area is 220 Å². The zero-order chi connectivity index (χ0) is 27.1. The van der Waals surface area contributed by atoms with E-state index in [4.69, 9.17) is 5.73 Å². The molecular formula is C26H21N11O2. The molecule has 0 aliphatic heterocycles. The molecule has 39 heavy (non-hydrogen) atoms. The summed E-state index contributed by atoms with van der Waals surface area (Å²) in [6.45, 7) is 1.72. The van der Waals surface area contributed by atoms with Crippen LogP contribution in [0.3, 0.4) is 0 Å². The first-order chi connectivity index (χ1) is 18.9. The Kier molecular flexibility index (Phi) is 5.61. The van der Waals surface area contributed by atoms with Crippen LogP contribution in [0.1, 0.15) is 40.4 Å². The molecule has 5 heterocycles. The van der Waals surface area contributed by atoms with Crippen LogP contribution in [-0.4, -0.2) is 50.0 Å². The van der Waals surface area contributed by atoms with Gasteiger partial charge in [0.2, 0.25) is 0 Å². The van der Waals surface area contributed by atoms with Crippen molar-refractivity contribution in [1.82, 2.24) is 49.4 Å². The van der Waals surface area contributed by atoms with Gasteiger partial charge in [0.25, 0.3) is 11.5 Å². The molecule has 0 bridgehead atoms. The maximum Gasteiger partial charge on any atom is 0.270 e. The number of aromatic amines is 1. The highest BCUT2D eigenvalue weighted by Gasteiger charge is 2.25. The zero-order valence-corrected chi connectivity index (χ0v) is 20.8. The highest BCUT2D eigenvalue weighted by atomic mass is 16.2. The van der Waals surface area contributed by atoms with E-state index in [0.29, 0.717) is 16.9 Å². The van der Waals surface area contributed by atoms with Crippen molar-refractivity contribution in [3.05, 3.63) is 94.2 Å². The molecule has 0 spiro atoms. The molecule has 6 aromatic rings. The Morgan fingerprint density at radius 1 is 1.18 bits per heavy atom. The van der Waals surface area contributed by atoms with Gasteiger partial charge in [0.05, 0.1) is 23.5 Å². The van der Waals surface area contributed by atoms with Gasteiger partial charge in [-0.1, -0.05) is 24.1 Å². The van der Waals surface area contributed by atoms with Gasteiger partial charge in [-0.2, -0.15) is 10.2 Å². The molecule has 13 nitrogen and oxygen atoms in total. The fourth-order valence-corrected chi connectivity index (χ4v) is 4.28. The predicted molar refractivity (Wildman–Crippen MR) is 142 cm³/mol. The minimum absolute atomic E-state index is 0.0349. The number of H-pyrrole nitrogens is 1. The van der Waals surface area contributed by atoms with Crippen molar-refractivity contribution < 1.29 is 4.79 Å². The monoisotopic (exact) mass is 519 g/mol. The van der Waals surface area contributed by atoms with Crippen LogP contribution < -0.4 is 16.6 Å². The van der Waals surface area contributed by atoms with Crippen LogP contribution in [-0.2, 0) is 7.05 Å². The predicted octanol–water partition coefficient (Wildman–Crippen LogP) is 1.36. The van der Waals surface area contributed by atoms with E-state index in [9.17, 15) is 9.59 Å². The van der Waals surface area contributed by atoms with Crippen LogP contribution in [0, 0.1) is 11.8 Å². The number of fused-ring (bicyclic) bond motifs is 2. The van der Waals surface area contributed by atoms with E-state index in [0.717, 1.165) is 0 Å². The third kappa shape index (κ3) is 4.15. The van der Waals surface area contributed by atoms with Gasteiger partial charge < -0.3 is 11.1 Å². The van der Waals surface area contributed by atoms with E-state index in [1.165, 1.54) is 9.08 Å². The highest BCUT2D eigenvalue weighted by molar-refractivity contribution is 6.04. The van der Waals surface area contributed by atoms with Crippen LogP contribution in [0.5, 0.6) is 0 Å². The lowest BCUT2D eigenvalue weighted by Gasteiger charge is -2.18. The summed E-state index contributed by atoms with van der Waals surface area (Å²) in [6.07, 6.45) is 6.58. The Hall–Kier alpha value is -5.77. The summed E-state index contributed by atoms with van der Waals surface area (Å²) in [5.74, 6) is 5.72. The second-order valence-electron chi connectivity index (χ2n) is 8.74. The SMILES string of the molecule is C[C@@H](NC(=O)c1c(N)nn2cccnc12)c1nc2[nH]nc(C#Cc3cnn(C)c3)c2c(=O)n1-c1ccccc1. The number of rotatable bonds is 4. The zero-order valence-electron chi connectivity index (χ0n) is 20.8. The molecule has 0 saturated heterocycles. The Morgan fingerprint density at radius 3 is 2.77 bits per heavy atom. The number of hydrogen-bond donors (Lipinski definition) is 3. The normalized spacial score (nSPS) is 11.8. The maximum absolute atomic E-state index is 13.9. The van der Waals surface area contributed by atoms with Gasteiger partial charge >= 0.3 is 0 Å². The largest absolute Gasteiger partial charge is 0.381 e. The van der Waals surface area contributed by atoms with Crippen molar-refractivity contribution in [1.29, 1.82) is 0 Å². The fourth-order valence-electron chi connectivity index (χ4n) is 4.28. The number of nitrogens with one attached hydrogen (secondary N) is 2. The van der Waals surface area contributed by atoms with E-state index >= 15 is 0 Å². The van der Waals surface area contributed by atoms with Gasteiger partial charge in [0.1, 0.15) is 16.8 Å². The van der Waals surface area contributed by atoms with Crippen LogP contribution in [0.2, 0.25) is 0 Å². The first-order valence-electron chi connectivity index (χ1n) is 11.9. The Balaban J connectivity index is 1.45. The lowest BCUT2D eigenvalue weighted by Crippen LogP contribution is -2.33. The van der Waals surface area contributed by atoms with Crippen molar-refractivity contribution in [2.75, 3.05) is 5.73 Å². The third-order valence-electron chi connectivity index (χ3n) is 6.05. The van der Waals surface area contributed by atoms with E-state index in [2.05, 4.69) is 47.5 Å². The number of aryl methyl sites for hydroxylation is 1.